The van der Waals surface area contributed by atoms with Crippen LogP contribution in [0.5, 0.6) is 0 Å². The fraction of sp³-hybridized carbons (Fsp3) is 0.478. The van der Waals surface area contributed by atoms with Crippen LogP contribution in [-0.4, -0.2) is 0 Å². The number of allylic oxidation sites excluding steroid dienone is 4. The first-order valence-corrected chi connectivity index (χ1v) is 9.25. The average Bonchev–Trinajstić information content (AvgIpc) is 2.59. The quantitative estimate of drug-likeness (QED) is 0.441. The zero-order valence-corrected chi connectivity index (χ0v) is 14.7. The minimum Gasteiger partial charge on any atom is -0.0885 e. The number of aryl methyl sites for hydroxylation is 1. The standard InChI is InChI=1S/C23H30/c1-3-5-9-21-16-18-23(19-17-21)11-7-6-10-22-14-12-20(8-4-2)13-15-22/h5,7,9,11-15,21,23H,3-4,8,16-19H2,1-2H3/b9-5+,11-7+. The normalized spacial score (nSPS) is 21.5. The number of benzene rings is 1. The minimum absolute atomic E-state index is 0.725. The van der Waals surface area contributed by atoms with Crippen LogP contribution in [0.15, 0.2) is 48.6 Å². The topological polar surface area (TPSA) is 0 Å². The van der Waals surface area contributed by atoms with Gasteiger partial charge in [-0.05, 0) is 74.1 Å². The van der Waals surface area contributed by atoms with Crippen LogP contribution in [0.2, 0.25) is 0 Å². The molecular formula is C23H30. The first-order chi connectivity index (χ1) is 11.3. The summed E-state index contributed by atoms with van der Waals surface area (Å²) in [5.74, 6) is 7.98. The first-order valence-electron chi connectivity index (χ1n) is 9.25. The van der Waals surface area contributed by atoms with E-state index in [0.29, 0.717) is 0 Å². The Morgan fingerprint density at radius 2 is 1.61 bits per heavy atom. The van der Waals surface area contributed by atoms with Gasteiger partial charge in [0.25, 0.3) is 0 Å². The number of rotatable bonds is 5. The molecule has 1 aromatic carbocycles. The largest absolute Gasteiger partial charge is 0.0885 e. The predicted molar refractivity (Wildman–Crippen MR) is 101 cm³/mol. The molecule has 0 radical (unpaired) electrons. The van der Waals surface area contributed by atoms with E-state index >= 15 is 0 Å². The summed E-state index contributed by atoms with van der Waals surface area (Å²) in [6.45, 7) is 4.42. The smallest absolute Gasteiger partial charge is 0.0249 e. The summed E-state index contributed by atoms with van der Waals surface area (Å²) < 4.78 is 0. The van der Waals surface area contributed by atoms with E-state index in [0.717, 1.165) is 30.2 Å². The molecule has 23 heavy (non-hydrogen) atoms. The molecule has 0 heteroatoms. The van der Waals surface area contributed by atoms with E-state index in [4.69, 9.17) is 0 Å². The number of hydrogen-bond acceptors (Lipinski definition) is 0. The van der Waals surface area contributed by atoms with Crippen molar-refractivity contribution in [3.63, 3.8) is 0 Å². The second-order valence-corrected chi connectivity index (χ2v) is 6.59. The van der Waals surface area contributed by atoms with E-state index in [2.05, 4.69) is 74.3 Å². The lowest BCUT2D eigenvalue weighted by Crippen LogP contribution is -2.11. The Labute approximate surface area is 142 Å². The van der Waals surface area contributed by atoms with Gasteiger partial charge in [0.05, 0.1) is 0 Å². The third kappa shape index (κ3) is 6.49. The molecule has 0 atom stereocenters. The van der Waals surface area contributed by atoms with Crippen LogP contribution in [0.25, 0.3) is 0 Å². The van der Waals surface area contributed by atoms with Crippen LogP contribution in [-0.2, 0) is 6.42 Å². The summed E-state index contributed by atoms with van der Waals surface area (Å²) in [5, 5.41) is 0. The molecule has 1 aromatic rings. The fourth-order valence-electron chi connectivity index (χ4n) is 3.21. The van der Waals surface area contributed by atoms with Crippen LogP contribution < -0.4 is 0 Å². The lowest BCUT2D eigenvalue weighted by atomic mass is 9.81. The molecular weight excluding hydrogens is 276 g/mol. The highest BCUT2D eigenvalue weighted by molar-refractivity contribution is 5.38. The van der Waals surface area contributed by atoms with E-state index in [1.54, 1.807) is 0 Å². The molecule has 0 aromatic heterocycles. The Bertz CT molecular complexity index is 554. The maximum absolute atomic E-state index is 3.24. The molecule has 0 heterocycles. The van der Waals surface area contributed by atoms with E-state index in [1.165, 1.54) is 37.7 Å². The Kier molecular flexibility index (Phi) is 7.74. The van der Waals surface area contributed by atoms with Crippen LogP contribution in [0, 0.1) is 23.7 Å². The molecule has 0 unspecified atom stereocenters. The molecule has 0 N–H and O–H groups in total. The van der Waals surface area contributed by atoms with E-state index in [1.807, 2.05) is 0 Å². The SMILES string of the molecule is CC/C=C/C1CCC(/C=C/C#Cc2ccc(CCC)cc2)CC1. The Hall–Kier alpha value is -1.74. The van der Waals surface area contributed by atoms with Crippen LogP contribution in [0.4, 0.5) is 0 Å². The first kappa shape index (κ1) is 17.6. The second-order valence-electron chi connectivity index (χ2n) is 6.59. The lowest BCUT2D eigenvalue weighted by molar-refractivity contribution is 0.356. The molecule has 2 rings (SSSR count). The van der Waals surface area contributed by atoms with Gasteiger partial charge in [-0.15, -0.1) is 0 Å². The van der Waals surface area contributed by atoms with Gasteiger partial charge in [-0.3, -0.25) is 0 Å². The molecule has 0 saturated heterocycles. The minimum atomic E-state index is 0.725. The second kappa shape index (κ2) is 10.1. The van der Waals surface area contributed by atoms with Gasteiger partial charge in [-0.2, -0.15) is 0 Å². The zero-order valence-electron chi connectivity index (χ0n) is 14.7. The van der Waals surface area contributed by atoms with Gasteiger partial charge in [0.15, 0.2) is 0 Å². The Balaban J connectivity index is 1.78. The molecule has 0 amide bonds. The molecule has 122 valence electrons. The van der Waals surface area contributed by atoms with E-state index in [9.17, 15) is 0 Å². The zero-order chi connectivity index (χ0) is 16.3. The van der Waals surface area contributed by atoms with Crippen molar-refractivity contribution in [1.29, 1.82) is 0 Å². The van der Waals surface area contributed by atoms with Gasteiger partial charge in [0.1, 0.15) is 0 Å². The van der Waals surface area contributed by atoms with Crippen molar-refractivity contribution in [3.05, 3.63) is 59.7 Å². The summed E-state index contributed by atoms with van der Waals surface area (Å²) in [7, 11) is 0. The fourth-order valence-corrected chi connectivity index (χ4v) is 3.21. The van der Waals surface area contributed by atoms with Gasteiger partial charge in [-0.1, -0.05) is 62.5 Å². The van der Waals surface area contributed by atoms with Crippen LogP contribution in [0.1, 0.15) is 63.5 Å². The lowest BCUT2D eigenvalue weighted by Gasteiger charge is -2.24. The highest BCUT2D eigenvalue weighted by Gasteiger charge is 2.16. The van der Waals surface area contributed by atoms with Crippen molar-refractivity contribution in [3.8, 4) is 11.8 Å². The molecule has 0 aliphatic heterocycles. The highest BCUT2D eigenvalue weighted by Crippen LogP contribution is 2.30. The molecule has 0 bridgehead atoms. The van der Waals surface area contributed by atoms with E-state index in [-0.39, 0.29) is 0 Å². The summed E-state index contributed by atoms with van der Waals surface area (Å²) in [6.07, 6.45) is 17.9. The molecule has 1 saturated carbocycles. The van der Waals surface area contributed by atoms with Crippen molar-refractivity contribution in [2.45, 2.75) is 58.8 Å². The van der Waals surface area contributed by atoms with Crippen molar-refractivity contribution < 1.29 is 0 Å². The maximum atomic E-state index is 3.24. The third-order valence-corrected chi connectivity index (χ3v) is 4.62. The van der Waals surface area contributed by atoms with Crippen molar-refractivity contribution in [2.24, 2.45) is 11.8 Å². The Morgan fingerprint density at radius 1 is 0.957 bits per heavy atom. The van der Waals surface area contributed by atoms with Gasteiger partial charge in [0.2, 0.25) is 0 Å². The van der Waals surface area contributed by atoms with Crippen LogP contribution >= 0.6 is 0 Å². The van der Waals surface area contributed by atoms with Crippen molar-refractivity contribution in [1.82, 2.24) is 0 Å². The summed E-state index contributed by atoms with van der Waals surface area (Å²) >= 11 is 0. The third-order valence-electron chi connectivity index (χ3n) is 4.62. The van der Waals surface area contributed by atoms with Crippen molar-refractivity contribution in [2.75, 3.05) is 0 Å². The molecule has 0 nitrogen and oxygen atoms in total. The highest BCUT2D eigenvalue weighted by atomic mass is 14.2. The molecule has 0 spiro atoms. The number of hydrogen-bond donors (Lipinski definition) is 0. The predicted octanol–water partition coefficient (Wildman–Crippen LogP) is 6.32. The van der Waals surface area contributed by atoms with Gasteiger partial charge < -0.3 is 0 Å². The van der Waals surface area contributed by atoms with Gasteiger partial charge >= 0.3 is 0 Å². The molecule has 1 aliphatic carbocycles. The van der Waals surface area contributed by atoms with E-state index < -0.39 is 0 Å². The Morgan fingerprint density at radius 3 is 2.22 bits per heavy atom. The summed E-state index contributed by atoms with van der Waals surface area (Å²) in [5.41, 5.74) is 2.52. The van der Waals surface area contributed by atoms with Crippen LogP contribution in [0.3, 0.4) is 0 Å². The average molecular weight is 306 g/mol. The monoisotopic (exact) mass is 306 g/mol. The van der Waals surface area contributed by atoms with Gasteiger partial charge in [0, 0.05) is 5.56 Å². The molecule has 1 aliphatic rings. The summed E-state index contributed by atoms with van der Waals surface area (Å²) in [6, 6.07) is 8.67. The van der Waals surface area contributed by atoms with Gasteiger partial charge in [-0.25, -0.2) is 0 Å². The molecule has 1 fully saturated rings. The van der Waals surface area contributed by atoms with Crippen molar-refractivity contribution >= 4 is 0 Å². The summed E-state index contributed by atoms with van der Waals surface area (Å²) in [4.78, 5) is 0. The maximum Gasteiger partial charge on any atom is 0.0249 e.